The summed E-state index contributed by atoms with van der Waals surface area (Å²) in [4.78, 5) is 22.9. The SMILES string of the molecule is CCC(Oc1ccccc1C)C(=O)NCc1cn(CC(=O)O)nn1. The van der Waals surface area contributed by atoms with Gasteiger partial charge in [-0.15, -0.1) is 5.10 Å². The van der Waals surface area contributed by atoms with E-state index in [4.69, 9.17) is 9.84 Å². The highest BCUT2D eigenvalue weighted by molar-refractivity contribution is 5.81. The highest BCUT2D eigenvalue weighted by Gasteiger charge is 2.19. The molecule has 0 aliphatic rings. The minimum Gasteiger partial charge on any atom is -0.480 e. The summed E-state index contributed by atoms with van der Waals surface area (Å²) in [7, 11) is 0. The van der Waals surface area contributed by atoms with E-state index in [-0.39, 0.29) is 19.0 Å². The Morgan fingerprint density at radius 3 is 2.79 bits per heavy atom. The lowest BCUT2D eigenvalue weighted by Crippen LogP contribution is -2.37. The van der Waals surface area contributed by atoms with Gasteiger partial charge in [0.25, 0.3) is 5.91 Å². The van der Waals surface area contributed by atoms with Crippen LogP contribution in [0.3, 0.4) is 0 Å². The molecule has 1 atom stereocenters. The molecule has 1 aromatic carbocycles. The van der Waals surface area contributed by atoms with Gasteiger partial charge in [-0.25, -0.2) is 4.68 Å². The Hall–Kier alpha value is -2.90. The van der Waals surface area contributed by atoms with Gasteiger partial charge in [0.15, 0.2) is 6.10 Å². The van der Waals surface area contributed by atoms with Crippen LogP contribution in [0.1, 0.15) is 24.6 Å². The van der Waals surface area contributed by atoms with Gasteiger partial charge >= 0.3 is 5.97 Å². The molecule has 2 aromatic rings. The van der Waals surface area contributed by atoms with Crippen molar-refractivity contribution in [3.8, 4) is 5.75 Å². The molecule has 8 nitrogen and oxygen atoms in total. The molecule has 128 valence electrons. The van der Waals surface area contributed by atoms with Crippen LogP contribution in [0.5, 0.6) is 5.75 Å². The first kappa shape index (κ1) is 17.5. The number of aromatic nitrogens is 3. The maximum absolute atomic E-state index is 12.3. The monoisotopic (exact) mass is 332 g/mol. The number of benzene rings is 1. The Labute approximate surface area is 139 Å². The molecule has 0 radical (unpaired) electrons. The lowest BCUT2D eigenvalue weighted by molar-refractivity contribution is -0.138. The zero-order valence-corrected chi connectivity index (χ0v) is 13.6. The average molecular weight is 332 g/mol. The highest BCUT2D eigenvalue weighted by Crippen LogP contribution is 2.18. The standard InChI is InChI=1S/C16H20N4O4/c1-3-13(24-14-7-5-4-6-11(14)2)16(23)17-8-12-9-20(19-18-12)10-15(21)22/h4-7,9,13H,3,8,10H2,1-2H3,(H,17,23)(H,21,22). The summed E-state index contributed by atoms with van der Waals surface area (Å²) in [5.41, 5.74) is 1.44. The number of aliphatic carboxylic acids is 1. The van der Waals surface area contributed by atoms with E-state index in [0.717, 1.165) is 5.56 Å². The largest absolute Gasteiger partial charge is 0.480 e. The number of nitrogens with zero attached hydrogens (tertiary/aromatic N) is 3. The quantitative estimate of drug-likeness (QED) is 0.751. The topological polar surface area (TPSA) is 106 Å². The van der Waals surface area contributed by atoms with Crippen molar-refractivity contribution in [1.29, 1.82) is 0 Å². The van der Waals surface area contributed by atoms with E-state index < -0.39 is 12.1 Å². The molecule has 0 fully saturated rings. The number of rotatable bonds is 8. The van der Waals surface area contributed by atoms with Gasteiger partial charge in [-0.1, -0.05) is 30.3 Å². The molecule has 0 aliphatic carbocycles. The van der Waals surface area contributed by atoms with Crippen molar-refractivity contribution in [3.63, 3.8) is 0 Å². The minimum atomic E-state index is -1.01. The maximum atomic E-state index is 12.3. The first-order valence-electron chi connectivity index (χ1n) is 7.60. The second kappa shape index (κ2) is 8.09. The Morgan fingerprint density at radius 1 is 1.38 bits per heavy atom. The van der Waals surface area contributed by atoms with E-state index in [2.05, 4.69) is 15.6 Å². The summed E-state index contributed by atoms with van der Waals surface area (Å²) < 4.78 is 6.97. The Balaban J connectivity index is 1.91. The molecular formula is C16H20N4O4. The van der Waals surface area contributed by atoms with E-state index in [1.54, 1.807) is 0 Å². The molecule has 2 rings (SSSR count). The van der Waals surface area contributed by atoms with Gasteiger partial charge in [0.05, 0.1) is 12.7 Å². The number of ether oxygens (including phenoxy) is 1. The molecule has 2 N–H and O–H groups in total. The minimum absolute atomic E-state index is 0.159. The third-order valence-electron chi connectivity index (χ3n) is 3.35. The molecule has 24 heavy (non-hydrogen) atoms. The van der Waals surface area contributed by atoms with Crippen LogP contribution in [0.2, 0.25) is 0 Å². The summed E-state index contributed by atoms with van der Waals surface area (Å²) in [5, 5.41) is 18.9. The van der Waals surface area contributed by atoms with E-state index >= 15 is 0 Å². The number of nitrogens with one attached hydrogen (secondary N) is 1. The molecule has 0 saturated carbocycles. The normalized spacial score (nSPS) is 11.8. The molecule has 0 spiro atoms. The maximum Gasteiger partial charge on any atom is 0.325 e. The summed E-state index contributed by atoms with van der Waals surface area (Å²) in [6, 6.07) is 7.50. The smallest absolute Gasteiger partial charge is 0.325 e. The molecule has 0 saturated heterocycles. The lowest BCUT2D eigenvalue weighted by Gasteiger charge is -2.18. The zero-order valence-electron chi connectivity index (χ0n) is 13.6. The number of carbonyl (C=O) groups is 2. The fourth-order valence-electron chi connectivity index (χ4n) is 2.09. The molecule has 1 aromatic heterocycles. The Kier molecular flexibility index (Phi) is 5.89. The average Bonchev–Trinajstić information content (AvgIpc) is 2.98. The Bertz CT molecular complexity index is 714. The summed E-state index contributed by atoms with van der Waals surface area (Å²) in [6.45, 7) is 3.67. The van der Waals surface area contributed by atoms with E-state index in [1.807, 2.05) is 38.1 Å². The van der Waals surface area contributed by atoms with Gasteiger partial charge in [0, 0.05) is 0 Å². The third kappa shape index (κ3) is 4.80. The van der Waals surface area contributed by atoms with Gasteiger partial charge in [-0.05, 0) is 25.0 Å². The summed E-state index contributed by atoms with van der Waals surface area (Å²) >= 11 is 0. The van der Waals surface area contributed by atoms with Crippen molar-refractivity contribution in [3.05, 3.63) is 41.7 Å². The van der Waals surface area contributed by atoms with Crippen LogP contribution < -0.4 is 10.1 Å². The van der Waals surface area contributed by atoms with Crippen molar-refractivity contribution in [2.45, 2.75) is 39.5 Å². The summed E-state index contributed by atoms with van der Waals surface area (Å²) in [6.07, 6.45) is 1.39. The number of amides is 1. The number of carboxylic acids is 1. The number of carboxylic acid groups (broad SMARTS) is 1. The van der Waals surface area contributed by atoms with E-state index in [9.17, 15) is 9.59 Å². The van der Waals surface area contributed by atoms with Crippen LogP contribution in [0.15, 0.2) is 30.5 Å². The van der Waals surface area contributed by atoms with Crippen molar-refractivity contribution in [1.82, 2.24) is 20.3 Å². The number of hydrogen-bond acceptors (Lipinski definition) is 5. The number of hydrogen-bond donors (Lipinski definition) is 2. The van der Waals surface area contributed by atoms with Crippen LogP contribution in [0.25, 0.3) is 0 Å². The van der Waals surface area contributed by atoms with Crippen LogP contribution >= 0.6 is 0 Å². The number of carbonyl (C=O) groups excluding carboxylic acids is 1. The van der Waals surface area contributed by atoms with Gasteiger partial charge in [-0.2, -0.15) is 0 Å². The molecule has 0 bridgehead atoms. The predicted molar refractivity (Wildman–Crippen MR) is 85.4 cm³/mol. The van der Waals surface area contributed by atoms with Crippen LogP contribution in [-0.2, 0) is 22.7 Å². The molecular weight excluding hydrogens is 312 g/mol. The van der Waals surface area contributed by atoms with Gasteiger partial charge < -0.3 is 15.2 Å². The predicted octanol–water partition coefficient (Wildman–Crippen LogP) is 1.14. The van der Waals surface area contributed by atoms with Crippen LogP contribution in [0, 0.1) is 6.92 Å². The molecule has 1 amide bonds. The highest BCUT2D eigenvalue weighted by atomic mass is 16.5. The second-order valence-electron chi connectivity index (χ2n) is 5.30. The number of aryl methyl sites for hydroxylation is 1. The van der Waals surface area contributed by atoms with E-state index in [0.29, 0.717) is 17.9 Å². The molecule has 0 aliphatic heterocycles. The fraction of sp³-hybridized carbons (Fsp3) is 0.375. The molecule has 8 heteroatoms. The van der Waals surface area contributed by atoms with Crippen molar-refractivity contribution >= 4 is 11.9 Å². The molecule has 1 heterocycles. The van der Waals surface area contributed by atoms with E-state index in [1.165, 1.54) is 10.9 Å². The van der Waals surface area contributed by atoms with Crippen molar-refractivity contribution < 1.29 is 19.4 Å². The summed E-state index contributed by atoms with van der Waals surface area (Å²) in [5.74, 6) is -0.589. The van der Waals surface area contributed by atoms with Crippen molar-refractivity contribution in [2.75, 3.05) is 0 Å². The first-order chi connectivity index (χ1) is 11.5. The van der Waals surface area contributed by atoms with Crippen LogP contribution in [0.4, 0.5) is 0 Å². The zero-order chi connectivity index (χ0) is 17.5. The van der Waals surface area contributed by atoms with Crippen molar-refractivity contribution in [2.24, 2.45) is 0 Å². The van der Waals surface area contributed by atoms with Gasteiger partial charge in [0.1, 0.15) is 18.0 Å². The lowest BCUT2D eigenvalue weighted by atomic mass is 10.2. The Morgan fingerprint density at radius 2 is 2.12 bits per heavy atom. The fourth-order valence-corrected chi connectivity index (χ4v) is 2.09. The van der Waals surface area contributed by atoms with Gasteiger partial charge in [0.2, 0.25) is 0 Å². The first-order valence-corrected chi connectivity index (χ1v) is 7.60. The second-order valence-corrected chi connectivity index (χ2v) is 5.30. The van der Waals surface area contributed by atoms with Crippen LogP contribution in [-0.4, -0.2) is 38.1 Å². The third-order valence-corrected chi connectivity index (χ3v) is 3.35. The van der Waals surface area contributed by atoms with Gasteiger partial charge in [-0.3, -0.25) is 9.59 Å². The number of para-hydroxylation sites is 1. The molecule has 1 unspecified atom stereocenters.